The summed E-state index contributed by atoms with van der Waals surface area (Å²) in [5.74, 6) is -0.183. The van der Waals surface area contributed by atoms with Gasteiger partial charge in [-0.2, -0.15) is 0 Å². The van der Waals surface area contributed by atoms with Crippen LogP contribution < -0.4 is 5.32 Å². The van der Waals surface area contributed by atoms with Crippen molar-refractivity contribution in [3.63, 3.8) is 0 Å². The summed E-state index contributed by atoms with van der Waals surface area (Å²) in [6, 6.07) is 24.9. The van der Waals surface area contributed by atoms with Gasteiger partial charge in [-0.1, -0.05) is 96.9 Å². The van der Waals surface area contributed by atoms with Crippen molar-refractivity contribution in [1.29, 1.82) is 0 Å². The summed E-state index contributed by atoms with van der Waals surface area (Å²) in [6.07, 6.45) is 2.10. The molecule has 0 aliphatic carbocycles. The third-order valence-corrected chi connectivity index (χ3v) is 6.23. The molecule has 4 nitrogen and oxygen atoms in total. The molecule has 2 amide bonds. The van der Waals surface area contributed by atoms with Crippen molar-refractivity contribution in [2.24, 2.45) is 0 Å². The van der Waals surface area contributed by atoms with E-state index in [1.165, 1.54) is 0 Å². The Kier molecular flexibility index (Phi) is 9.72. The molecule has 0 heterocycles. The molecule has 0 bridgehead atoms. The van der Waals surface area contributed by atoms with Crippen molar-refractivity contribution >= 4 is 23.4 Å². The van der Waals surface area contributed by atoms with Crippen LogP contribution in [0.2, 0.25) is 5.02 Å². The number of hydrogen-bond donors (Lipinski definition) is 1. The fourth-order valence-corrected chi connectivity index (χ4v) is 4.13. The van der Waals surface area contributed by atoms with Gasteiger partial charge in [0.25, 0.3) is 0 Å². The summed E-state index contributed by atoms with van der Waals surface area (Å²) >= 11 is 6.32. The topological polar surface area (TPSA) is 49.4 Å². The zero-order valence-electron chi connectivity index (χ0n) is 20.0. The number of amides is 2. The maximum Gasteiger partial charge on any atom is 0.243 e. The monoisotopic (exact) mass is 476 g/mol. The van der Waals surface area contributed by atoms with E-state index in [2.05, 4.69) is 5.32 Å². The fourth-order valence-electron chi connectivity index (χ4n) is 3.90. The molecule has 3 rings (SSSR count). The maximum atomic E-state index is 13.6. The lowest BCUT2D eigenvalue weighted by Gasteiger charge is -2.31. The highest BCUT2D eigenvalue weighted by molar-refractivity contribution is 6.31. The Hall–Kier alpha value is -3.11. The molecule has 5 heteroatoms. The van der Waals surface area contributed by atoms with Gasteiger partial charge in [0.2, 0.25) is 11.8 Å². The Morgan fingerprint density at radius 1 is 0.912 bits per heavy atom. The Morgan fingerprint density at radius 3 is 2.26 bits per heavy atom. The number of carbonyl (C=O) groups excluding carboxylic acids is 2. The second kappa shape index (κ2) is 13.0. The summed E-state index contributed by atoms with van der Waals surface area (Å²) in [5, 5.41) is 3.67. The van der Waals surface area contributed by atoms with Gasteiger partial charge in [-0.05, 0) is 42.5 Å². The average Bonchev–Trinajstić information content (AvgIpc) is 2.85. The van der Waals surface area contributed by atoms with E-state index in [0.29, 0.717) is 31.0 Å². The van der Waals surface area contributed by atoms with Gasteiger partial charge in [0, 0.05) is 31.0 Å². The number of nitrogens with one attached hydrogen (secondary N) is 1. The summed E-state index contributed by atoms with van der Waals surface area (Å²) in [6.45, 7) is 5.01. The van der Waals surface area contributed by atoms with E-state index in [9.17, 15) is 9.59 Å². The first-order valence-electron chi connectivity index (χ1n) is 11.9. The number of aryl methyl sites for hydroxylation is 2. The van der Waals surface area contributed by atoms with E-state index < -0.39 is 6.04 Å². The minimum absolute atomic E-state index is 0.0620. The highest BCUT2D eigenvalue weighted by Crippen LogP contribution is 2.20. The zero-order valence-corrected chi connectivity index (χ0v) is 20.7. The van der Waals surface area contributed by atoms with Crippen LogP contribution in [-0.4, -0.2) is 29.3 Å². The Balaban J connectivity index is 1.89. The summed E-state index contributed by atoms with van der Waals surface area (Å²) < 4.78 is 0. The normalized spacial score (nSPS) is 11.6. The molecule has 0 spiro atoms. The molecule has 1 atom stereocenters. The van der Waals surface area contributed by atoms with Gasteiger partial charge >= 0.3 is 0 Å². The van der Waals surface area contributed by atoms with E-state index >= 15 is 0 Å². The molecule has 0 aromatic heterocycles. The molecule has 0 aliphatic heterocycles. The number of nitrogens with zero attached hydrogens (tertiary/aromatic N) is 1. The van der Waals surface area contributed by atoms with Gasteiger partial charge < -0.3 is 10.2 Å². The van der Waals surface area contributed by atoms with Crippen molar-refractivity contribution in [2.75, 3.05) is 6.54 Å². The minimum atomic E-state index is -0.603. The summed E-state index contributed by atoms with van der Waals surface area (Å²) in [7, 11) is 0. The molecular weight excluding hydrogens is 444 g/mol. The Morgan fingerprint density at radius 2 is 1.59 bits per heavy atom. The van der Waals surface area contributed by atoms with Crippen LogP contribution >= 0.6 is 11.6 Å². The van der Waals surface area contributed by atoms with E-state index in [4.69, 9.17) is 11.6 Å². The molecule has 0 unspecified atom stereocenters. The van der Waals surface area contributed by atoms with Crippen LogP contribution in [0.25, 0.3) is 0 Å². The smallest absolute Gasteiger partial charge is 0.243 e. The van der Waals surface area contributed by atoms with Gasteiger partial charge in [-0.25, -0.2) is 0 Å². The maximum absolute atomic E-state index is 13.6. The van der Waals surface area contributed by atoms with Crippen LogP contribution in [0.4, 0.5) is 0 Å². The van der Waals surface area contributed by atoms with E-state index in [1.54, 1.807) is 4.90 Å². The highest BCUT2D eigenvalue weighted by Gasteiger charge is 2.30. The Bertz CT molecular complexity index is 1070. The first kappa shape index (κ1) is 25.5. The Labute approximate surface area is 207 Å². The van der Waals surface area contributed by atoms with Crippen molar-refractivity contribution < 1.29 is 9.59 Å². The molecule has 0 fully saturated rings. The molecule has 178 valence electrons. The molecule has 34 heavy (non-hydrogen) atoms. The molecule has 0 saturated carbocycles. The van der Waals surface area contributed by atoms with Gasteiger partial charge in [-0.3, -0.25) is 9.59 Å². The van der Waals surface area contributed by atoms with E-state index in [1.807, 2.05) is 92.7 Å². The predicted molar refractivity (Wildman–Crippen MR) is 139 cm³/mol. The molecule has 3 aromatic carbocycles. The number of carbonyl (C=O) groups is 2. The largest absolute Gasteiger partial charge is 0.354 e. The van der Waals surface area contributed by atoms with Crippen LogP contribution in [0.3, 0.4) is 0 Å². The number of halogens is 1. The molecule has 1 N–H and O–H groups in total. The van der Waals surface area contributed by atoms with Crippen molar-refractivity contribution in [2.45, 2.75) is 52.1 Å². The fraction of sp³-hybridized carbons (Fsp3) is 0.310. The van der Waals surface area contributed by atoms with Gasteiger partial charge in [0.05, 0.1) is 0 Å². The third kappa shape index (κ3) is 7.46. The lowest BCUT2D eigenvalue weighted by Crippen LogP contribution is -2.50. The quantitative estimate of drug-likeness (QED) is 0.383. The number of hydrogen-bond acceptors (Lipinski definition) is 2. The van der Waals surface area contributed by atoms with Gasteiger partial charge in [0.15, 0.2) is 0 Å². The molecule has 0 radical (unpaired) electrons. The van der Waals surface area contributed by atoms with Crippen LogP contribution in [0.1, 0.15) is 42.0 Å². The number of benzene rings is 3. The second-order valence-electron chi connectivity index (χ2n) is 8.60. The lowest BCUT2D eigenvalue weighted by atomic mass is 10.0. The summed E-state index contributed by atoms with van der Waals surface area (Å²) in [4.78, 5) is 28.6. The highest BCUT2D eigenvalue weighted by atomic mass is 35.5. The molecule has 0 aliphatic rings. The standard InChI is InChI=1S/C29H33ClN2O2/c1-3-19-31-29(34)27(20-23-9-5-4-6-10-23)32(21-24-15-13-22(2)14-16-24)28(33)18-17-25-11-7-8-12-26(25)30/h4-16,27H,3,17-21H2,1-2H3,(H,31,34)/t27-/m1/s1. The SMILES string of the molecule is CCCNC(=O)[C@@H](Cc1ccccc1)N(Cc1ccc(C)cc1)C(=O)CCc1ccccc1Cl. The zero-order chi connectivity index (χ0) is 24.3. The average molecular weight is 477 g/mol. The van der Waals surface area contributed by atoms with Crippen molar-refractivity contribution in [3.05, 3.63) is 106 Å². The minimum Gasteiger partial charge on any atom is -0.354 e. The van der Waals surface area contributed by atoms with Crippen molar-refractivity contribution in [3.8, 4) is 0 Å². The first-order valence-corrected chi connectivity index (χ1v) is 12.3. The van der Waals surface area contributed by atoms with Crippen LogP contribution in [-0.2, 0) is 29.0 Å². The van der Waals surface area contributed by atoms with Crippen molar-refractivity contribution in [1.82, 2.24) is 10.2 Å². The predicted octanol–water partition coefficient (Wildman–Crippen LogP) is 5.75. The first-order chi connectivity index (χ1) is 16.5. The van der Waals surface area contributed by atoms with Gasteiger partial charge in [-0.15, -0.1) is 0 Å². The van der Waals surface area contributed by atoms with Gasteiger partial charge in [0.1, 0.15) is 6.04 Å². The second-order valence-corrected chi connectivity index (χ2v) is 9.00. The lowest BCUT2D eigenvalue weighted by molar-refractivity contribution is -0.141. The molecular formula is C29H33ClN2O2. The van der Waals surface area contributed by atoms with E-state index in [0.717, 1.165) is 28.7 Å². The van der Waals surface area contributed by atoms with E-state index in [-0.39, 0.29) is 18.2 Å². The third-order valence-electron chi connectivity index (χ3n) is 5.86. The van der Waals surface area contributed by atoms with Crippen LogP contribution in [0, 0.1) is 6.92 Å². The molecule has 3 aromatic rings. The summed E-state index contributed by atoms with van der Waals surface area (Å²) in [5.41, 5.74) is 4.11. The number of rotatable bonds is 11. The van der Waals surface area contributed by atoms with Crippen LogP contribution in [0.15, 0.2) is 78.9 Å². The van der Waals surface area contributed by atoms with Crippen LogP contribution in [0.5, 0.6) is 0 Å². The molecule has 0 saturated heterocycles.